The van der Waals surface area contributed by atoms with Gasteiger partial charge < -0.3 is 20.7 Å². The Morgan fingerprint density at radius 2 is 2.14 bits per heavy atom. The van der Waals surface area contributed by atoms with E-state index in [9.17, 15) is 9.59 Å². The molecule has 1 aliphatic heterocycles. The molecule has 0 aliphatic carbocycles. The highest BCUT2D eigenvalue weighted by atomic mass is 16.5. The zero-order valence-electron chi connectivity index (χ0n) is 12.7. The Bertz CT molecular complexity index is 504. The topological polar surface area (TPSA) is 82.7 Å². The maximum absolute atomic E-state index is 11.7. The lowest BCUT2D eigenvalue weighted by Crippen LogP contribution is -2.48. The Hall–Kier alpha value is -2.28. The summed E-state index contributed by atoms with van der Waals surface area (Å²) in [6, 6.07) is 6.91. The summed E-state index contributed by atoms with van der Waals surface area (Å²) in [5.41, 5.74) is 0.714. The second kappa shape index (κ2) is 8.23. The molecule has 0 bridgehead atoms. The summed E-state index contributed by atoms with van der Waals surface area (Å²) in [7, 11) is 1.60. The van der Waals surface area contributed by atoms with Crippen LogP contribution >= 0.6 is 0 Å². The van der Waals surface area contributed by atoms with Gasteiger partial charge in [0, 0.05) is 31.9 Å². The van der Waals surface area contributed by atoms with Crippen LogP contribution in [0.5, 0.6) is 5.75 Å². The van der Waals surface area contributed by atoms with E-state index in [1.54, 1.807) is 31.4 Å². The molecule has 0 spiro atoms. The van der Waals surface area contributed by atoms with E-state index < -0.39 is 0 Å². The maximum atomic E-state index is 11.7. The standard InChI is InChI=1S/C15H22N4O3/c1-22-13-5-3-12(4-6-13)18-15(21)17-7-2-9-19-10-8-16-14(20)11-19/h3-6H,2,7-11H2,1H3,(H,16,20)(H2,17,18,21). The lowest BCUT2D eigenvalue weighted by atomic mass is 10.3. The normalized spacial score (nSPS) is 15.0. The fourth-order valence-corrected chi connectivity index (χ4v) is 2.24. The summed E-state index contributed by atoms with van der Waals surface area (Å²) >= 11 is 0. The van der Waals surface area contributed by atoms with E-state index in [1.165, 1.54) is 0 Å². The first kappa shape index (κ1) is 16.1. The molecule has 120 valence electrons. The first-order valence-electron chi connectivity index (χ1n) is 7.35. The number of urea groups is 1. The van der Waals surface area contributed by atoms with Crippen molar-refractivity contribution in [2.45, 2.75) is 6.42 Å². The van der Waals surface area contributed by atoms with Crippen LogP contribution in [0.1, 0.15) is 6.42 Å². The van der Waals surface area contributed by atoms with Gasteiger partial charge in [0.15, 0.2) is 0 Å². The number of anilines is 1. The average molecular weight is 306 g/mol. The van der Waals surface area contributed by atoms with Gasteiger partial charge in [0.25, 0.3) is 0 Å². The smallest absolute Gasteiger partial charge is 0.319 e. The Morgan fingerprint density at radius 1 is 1.36 bits per heavy atom. The van der Waals surface area contributed by atoms with Crippen molar-refractivity contribution < 1.29 is 14.3 Å². The van der Waals surface area contributed by atoms with E-state index in [0.717, 1.165) is 25.3 Å². The second-order valence-corrected chi connectivity index (χ2v) is 5.09. The molecule has 7 heteroatoms. The SMILES string of the molecule is COc1ccc(NC(=O)NCCCN2CCNC(=O)C2)cc1. The van der Waals surface area contributed by atoms with Crippen molar-refractivity contribution in [2.24, 2.45) is 0 Å². The maximum Gasteiger partial charge on any atom is 0.319 e. The van der Waals surface area contributed by atoms with Gasteiger partial charge in [-0.3, -0.25) is 9.69 Å². The van der Waals surface area contributed by atoms with Gasteiger partial charge in [0.05, 0.1) is 13.7 Å². The number of hydrogen-bond acceptors (Lipinski definition) is 4. The highest BCUT2D eigenvalue weighted by Crippen LogP contribution is 2.14. The van der Waals surface area contributed by atoms with E-state index >= 15 is 0 Å². The molecule has 7 nitrogen and oxygen atoms in total. The molecule has 1 aliphatic rings. The fraction of sp³-hybridized carbons (Fsp3) is 0.467. The Labute approximate surface area is 130 Å². The molecule has 0 atom stereocenters. The minimum absolute atomic E-state index is 0.0662. The summed E-state index contributed by atoms with van der Waals surface area (Å²) in [6.07, 6.45) is 0.809. The van der Waals surface area contributed by atoms with E-state index in [4.69, 9.17) is 4.74 Å². The number of nitrogens with zero attached hydrogens (tertiary/aromatic N) is 1. The van der Waals surface area contributed by atoms with Crippen LogP contribution < -0.4 is 20.7 Å². The van der Waals surface area contributed by atoms with Crippen molar-refractivity contribution in [1.29, 1.82) is 0 Å². The molecule has 0 saturated carbocycles. The molecular formula is C15H22N4O3. The van der Waals surface area contributed by atoms with Gasteiger partial charge in [-0.05, 0) is 30.7 Å². The third kappa shape index (κ3) is 5.25. The fourth-order valence-electron chi connectivity index (χ4n) is 2.24. The van der Waals surface area contributed by atoms with Gasteiger partial charge in [-0.15, -0.1) is 0 Å². The van der Waals surface area contributed by atoms with Crippen LogP contribution in [-0.4, -0.2) is 56.7 Å². The zero-order valence-corrected chi connectivity index (χ0v) is 12.7. The number of ether oxygens (including phenoxy) is 1. The van der Waals surface area contributed by atoms with Gasteiger partial charge >= 0.3 is 6.03 Å². The summed E-state index contributed by atoms with van der Waals surface area (Å²) in [5, 5.41) is 8.34. The largest absolute Gasteiger partial charge is 0.497 e. The summed E-state index contributed by atoms with van der Waals surface area (Å²) in [4.78, 5) is 25.0. The first-order chi connectivity index (χ1) is 10.7. The molecule has 1 heterocycles. The highest BCUT2D eigenvalue weighted by molar-refractivity contribution is 5.89. The van der Waals surface area contributed by atoms with Gasteiger partial charge in [-0.25, -0.2) is 4.79 Å². The number of benzene rings is 1. The molecule has 1 aromatic carbocycles. The molecule has 0 radical (unpaired) electrons. The van der Waals surface area contributed by atoms with Crippen LogP contribution in [0.25, 0.3) is 0 Å². The molecule has 3 N–H and O–H groups in total. The highest BCUT2D eigenvalue weighted by Gasteiger charge is 2.15. The quantitative estimate of drug-likeness (QED) is 0.674. The van der Waals surface area contributed by atoms with Crippen molar-refractivity contribution in [3.8, 4) is 5.75 Å². The number of piperazine rings is 1. The molecule has 0 unspecified atom stereocenters. The molecule has 1 saturated heterocycles. The zero-order chi connectivity index (χ0) is 15.8. The molecule has 3 amide bonds. The van der Waals surface area contributed by atoms with Crippen LogP contribution in [0.3, 0.4) is 0 Å². The van der Waals surface area contributed by atoms with Gasteiger partial charge in [-0.2, -0.15) is 0 Å². The number of nitrogens with one attached hydrogen (secondary N) is 3. The van der Waals surface area contributed by atoms with Crippen LogP contribution in [0.2, 0.25) is 0 Å². The Kier molecular flexibility index (Phi) is 6.02. The van der Waals surface area contributed by atoms with Crippen molar-refractivity contribution >= 4 is 17.6 Å². The van der Waals surface area contributed by atoms with Crippen molar-refractivity contribution in [3.63, 3.8) is 0 Å². The van der Waals surface area contributed by atoms with Gasteiger partial charge in [0.2, 0.25) is 5.91 Å². The number of amides is 3. The minimum Gasteiger partial charge on any atom is -0.497 e. The number of carbonyl (C=O) groups excluding carboxylic acids is 2. The predicted octanol–water partition coefficient (Wildman–Crippen LogP) is 0.639. The van der Waals surface area contributed by atoms with E-state index in [1.807, 2.05) is 0 Å². The van der Waals surface area contributed by atoms with Crippen LogP contribution in [-0.2, 0) is 4.79 Å². The van der Waals surface area contributed by atoms with Crippen molar-refractivity contribution in [3.05, 3.63) is 24.3 Å². The molecule has 0 aromatic heterocycles. The number of carbonyl (C=O) groups is 2. The predicted molar refractivity (Wildman–Crippen MR) is 84.1 cm³/mol. The Balaban J connectivity index is 1.61. The van der Waals surface area contributed by atoms with Gasteiger partial charge in [0.1, 0.15) is 5.75 Å². The number of hydrogen-bond donors (Lipinski definition) is 3. The van der Waals surface area contributed by atoms with E-state index in [-0.39, 0.29) is 11.9 Å². The third-order valence-electron chi connectivity index (χ3n) is 3.40. The van der Waals surface area contributed by atoms with Crippen LogP contribution in [0.15, 0.2) is 24.3 Å². The van der Waals surface area contributed by atoms with Crippen molar-refractivity contribution in [1.82, 2.24) is 15.5 Å². The first-order valence-corrected chi connectivity index (χ1v) is 7.35. The van der Waals surface area contributed by atoms with E-state index in [0.29, 0.717) is 25.3 Å². The molecular weight excluding hydrogens is 284 g/mol. The second-order valence-electron chi connectivity index (χ2n) is 5.09. The van der Waals surface area contributed by atoms with Gasteiger partial charge in [-0.1, -0.05) is 0 Å². The molecule has 1 fully saturated rings. The minimum atomic E-state index is -0.235. The summed E-state index contributed by atoms with van der Waals surface area (Å²) in [5.74, 6) is 0.813. The lowest BCUT2D eigenvalue weighted by Gasteiger charge is -2.26. The Morgan fingerprint density at radius 3 is 2.82 bits per heavy atom. The number of methoxy groups -OCH3 is 1. The van der Waals surface area contributed by atoms with Crippen molar-refractivity contribution in [2.75, 3.05) is 45.2 Å². The van der Waals surface area contributed by atoms with E-state index in [2.05, 4.69) is 20.9 Å². The molecule has 1 aromatic rings. The molecule has 2 rings (SSSR count). The third-order valence-corrected chi connectivity index (χ3v) is 3.40. The average Bonchev–Trinajstić information content (AvgIpc) is 2.52. The van der Waals surface area contributed by atoms with Crippen LogP contribution in [0.4, 0.5) is 10.5 Å². The van der Waals surface area contributed by atoms with Crippen LogP contribution in [0, 0.1) is 0 Å². The monoisotopic (exact) mass is 306 g/mol. The summed E-state index contributed by atoms with van der Waals surface area (Å²) in [6.45, 7) is 3.38. The molecule has 22 heavy (non-hydrogen) atoms. The number of rotatable bonds is 6. The summed E-state index contributed by atoms with van der Waals surface area (Å²) < 4.78 is 5.06. The lowest BCUT2D eigenvalue weighted by molar-refractivity contribution is -0.124.